The van der Waals surface area contributed by atoms with Crippen molar-refractivity contribution in [1.29, 1.82) is 0 Å². The van der Waals surface area contributed by atoms with Crippen LogP contribution in [0.1, 0.15) is 26.7 Å². The summed E-state index contributed by atoms with van der Waals surface area (Å²) in [5.41, 5.74) is 0.681. The van der Waals surface area contributed by atoms with E-state index < -0.39 is 15.8 Å². The number of halogens is 2. The fourth-order valence-corrected chi connectivity index (χ4v) is 7.19. The van der Waals surface area contributed by atoms with Gasteiger partial charge in [-0.1, -0.05) is 42.9 Å². The molecule has 0 N–H and O–H groups in total. The largest absolute Gasteiger partial charge is 0.302 e. The first-order valence-electron chi connectivity index (χ1n) is 12.1. The van der Waals surface area contributed by atoms with Crippen LogP contribution >= 0.6 is 22.9 Å². The monoisotopic (exact) mass is 552 g/mol. The van der Waals surface area contributed by atoms with Gasteiger partial charge in [0.05, 0.1) is 14.6 Å². The number of carbonyl (C=O) groups is 1. The highest BCUT2D eigenvalue weighted by Crippen LogP contribution is 2.34. The molecule has 0 spiro atoms. The zero-order valence-corrected chi connectivity index (χ0v) is 22.8. The molecular weight excluding hydrogens is 523 g/mol. The summed E-state index contributed by atoms with van der Waals surface area (Å²) in [7, 11) is -3.74. The fourth-order valence-electron chi connectivity index (χ4n) is 4.42. The van der Waals surface area contributed by atoms with Gasteiger partial charge in [0.2, 0.25) is 15.9 Å². The molecule has 194 valence electrons. The Kier molecular flexibility index (Phi) is 8.62. The summed E-state index contributed by atoms with van der Waals surface area (Å²) in [6.45, 7) is 7.59. The fraction of sp³-hybridized carbons (Fsp3) is 0.440. The first-order valence-corrected chi connectivity index (χ1v) is 14.7. The van der Waals surface area contributed by atoms with Crippen LogP contribution in [0.3, 0.4) is 0 Å². The SMILES string of the molecule is CCN(CC)CCN(C(=O)C1CCN(S(=O)(=O)c2ccc(F)cc2)CC1)c1nc2c(Cl)cccc2s1. The van der Waals surface area contributed by atoms with Gasteiger partial charge in [-0.3, -0.25) is 9.69 Å². The van der Waals surface area contributed by atoms with Crippen LogP contribution in [-0.2, 0) is 14.8 Å². The Morgan fingerprint density at radius 3 is 2.39 bits per heavy atom. The van der Waals surface area contributed by atoms with Gasteiger partial charge in [-0.15, -0.1) is 0 Å². The number of sulfonamides is 1. The van der Waals surface area contributed by atoms with Crippen LogP contribution in [0, 0.1) is 11.7 Å². The lowest BCUT2D eigenvalue weighted by atomic mass is 9.96. The third kappa shape index (κ3) is 5.73. The van der Waals surface area contributed by atoms with Crippen molar-refractivity contribution in [2.75, 3.05) is 44.2 Å². The van der Waals surface area contributed by atoms with Crippen LogP contribution in [0.4, 0.5) is 9.52 Å². The number of hydrogen-bond donors (Lipinski definition) is 0. The van der Waals surface area contributed by atoms with Gasteiger partial charge < -0.3 is 4.90 Å². The summed E-state index contributed by atoms with van der Waals surface area (Å²) in [4.78, 5) is 22.5. The molecule has 1 aromatic heterocycles. The van der Waals surface area contributed by atoms with Crippen molar-refractivity contribution in [2.24, 2.45) is 5.92 Å². The first kappa shape index (κ1) is 26.9. The summed E-state index contributed by atoms with van der Waals surface area (Å²) < 4.78 is 41.5. The number of aromatic nitrogens is 1. The number of anilines is 1. The Hall–Kier alpha value is -2.11. The lowest BCUT2D eigenvalue weighted by molar-refractivity contribution is -0.123. The maximum Gasteiger partial charge on any atom is 0.243 e. The Balaban J connectivity index is 1.52. The number of para-hydroxylation sites is 1. The zero-order chi connectivity index (χ0) is 25.9. The van der Waals surface area contributed by atoms with Crippen LogP contribution in [0.25, 0.3) is 10.2 Å². The highest BCUT2D eigenvalue weighted by atomic mass is 35.5. The first-order chi connectivity index (χ1) is 17.2. The number of amides is 1. The molecule has 0 aliphatic carbocycles. The number of piperidine rings is 1. The summed E-state index contributed by atoms with van der Waals surface area (Å²) in [6, 6.07) is 10.4. The van der Waals surface area contributed by atoms with E-state index in [1.165, 1.54) is 27.8 Å². The third-order valence-electron chi connectivity index (χ3n) is 6.64. The van der Waals surface area contributed by atoms with Gasteiger partial charge in [0.25, 0.3) is 0 Å². The van der Waals surface area contributed by atoms with Crippen molar-refractivity contribution in [3.63, 3.8) is 0 Å². The average Bonchev–Trinajstić information content (AvgIpc) is 3.32. The molecule has 0 saturated carbocycles. The van der Waals surface area contributed by atoms with Crippen molar-refractivity contribution in [3.8, 4) is 0 Å². The predicted octanol–water partition coefficient (Wildman–Crippen LogP) is 4.86. The van der Waals surface area contributed by atoms with Gasteiger partial charge in [0.15, 0.2) is 5.13 Å². The highest BCUT2D eigenvalue weighted by Gasteiger charge is 2.35. The Morgan fingerprint density at radius 2 is 1.78 bits per heavy atom. The maximum absolute atomic E-state index is 13.7. The van der Waals surface area contributed by atoms with Gasteiger partial charge >= 0.3 is 0 Å². The second kappa shape index (κ2) is 11.5. The molecule has 0 atom stereocenters. The minimum absolute atomic E-state index is 0.0452. The topological polar surface area (TPSA) is 73.8 Å². The number of thiazole rings is 1. The van der Waals surface area contributed by atoms with Crippen LogP contribution in [0.2, 0.25) is 5.02 Å². The molecule has 1 aliphatic rings. The number of fused-ring (bicyclic) bond motifs is 1. The number of benzene rings is 2. The minimum Gasteiger partial charge on any atom is -0.302 e. The van der Waals surface area contributed by atoms with Crippen molar-refractivity contribution in [2.45, 2.75) is 31.6 Å². The number of hydrogen-bond acceptors (Lipinski definition) is 6. The molecule has 1 fully saturated rings. The van der Waals surface area contributed by atoms with Gasteiger partial charge in [-0.2, -0.15) is 4.31 Å². The standard InChI is InChI=1S/C25H30ClFN4O3S2/c1-3-29(4-2)16-17-31(25-28-23-21(26)6-5-7-22(23)35-25)24(32)18-12-14-30(15-13-18)36(33,34)20-10-8-19(27)9-11-20/h5-11,18H,3-4,12-17H2,1-2H3. The molecule has 1 amide bonds. The van der Waals surface area contributed by atoms with E-state index in [2.05, 4.69) is 18.7 Å². The van der Waals surface area contributed by atoms with Gasteiger partial charge in [-0.25, -0.2) is 17.8 Å². The second-order valence-corrected chi connectivity index (χ2v) is 12.1. The van der Waals surface area contributed by atoms with E-state index in [1.54, 1.807) is 11.0 Å². The molecule has 2 heterocycles. The lowest BCUT2D eigenvalue weighted by Crippen LogP contribution is -2.46. The molecule has 11 heteroatoms. The molecule has 1 aliphatic heterocycles. The van der Waals surface area contributed by atoms with E-state index in [-0.39, 0.29) is 29.8 Å². The van der Waals surface area contributed by atoms with Crippen LogP contribution in [0.5, 0.6) is 0 Å². The van der Waals surface area contributed by atoms with E-state index in [1.807, 2.05) is 12.1 Å². The molecule has 3 aromatic rings. The van der Waals surface area contributed by atoms with Gasteiger partial charge in [0, 0.05) is 32.1 Å². The van der Waals surface area contributed by atoms with Gasteiger partial charge in [0.1, 0.15) is 11.3 Å². The summed E-state index contributed by atoms with van der Waals surface area (Å²) in [5.74, 6) is -0.848. The van der Waals surface area contributed by atoms with Crippen LogP contribution in [0.15, 0.2) is 47.4 Å². The Morgan fingerprint density at radius 1 is 1.11 bits per heavy atom. The van der Waals surface area contributed by atoms with Gasteiger partial charge in [-0.05, 0) is 62.3 Å². The zero-order valence-electron chi connectivity index (χ0n) is 20.4. The number of rotatable bonds is 9. The summed E-state index contributed by atoms with van der Waals surface area (Å²) in [5, 5.41) is 1.15. The summed E-state index contributed by atoms with van der Waals surface area (Å²) in [6.07, 6.45) is 0.819. The van der Waals surface area contributed by atoms with E-state index in [4.69, 9.17) is 16.6 Å². The number of nitrogens with zero attached hydrogens (tertiary/aromatic N) is 4. The quantitative estimate of drug-likeness (QED) is 0.379. The number of carbonyl (C=O) groups excluding carboxylic acids is 1. The highest BCUT2D eigenvalue weighted by molar-refractivity contribution is 7.89. The van der Waals surface area contributed by atoms with E-state index >= 15 is 0 Å². The predicted molar refractivity (Wildman–Crippen MR) is 143 cm³/mol. The van der Waals surface area contributed by atoms with Crippen molar-refractivity contribution in [1.82, 2.24) is 14.2 Å². The molecule has 0 bridgehead atoms. The molecule has 0 radical (unpaired) electrons. The summed E-state index contributed by atoms with van der Waals surface area (Å²) >= 11 is 7.78. The average molecular weight is 553 g/mol. The minimum atomic E-state index is -3.74. The molecule has 36 heavy (non-hydrogen) atoms. The van der Waals surface area contributed by atoms with Crippen molar-refractivity contribution >= 4 is 54.2 Å². The van der Waals surface area contributed by atoms with Crippen LogP contribution in [-0.4, -0.2) is 67.8 Å². The van der Waals surface area contributed by atoms with E-state index in [9.17, 15) is 17.6 Å². The van der Waals surface area contributed by atoms with Crippen molar-refractivity contribution < 1.29 is 17.6 Å². The molecular formula is C25H30ClFN4O3S2. The molecule has 0 unspecified atom stereocenters. The van der Waals surface area contributed by atoms with E-state index in [0.29, 0.717) is 41.6 Å². The number of likely N-dealkylation sites (N-methyl/N-ethyl adjacent to an activating group) is 1. The normalized spacial score (nSPS) is 15.6. The third-order valence-corrected chi connectivity index (χ3v) is 9.91. The van der Waals surface area contributed by atoms with Crippen LogP contribution < -0.4 is 4.90 Å². The molecule has 2 aromatic carbocycles. The Labute approximate surface area is 220 Å². The maximum atomic E-state index is 13.7. The molecule has 4 rings (SSSR count). The lowest BCUT2D eigenvalue weighted by Gasteiger charge is -2.33. The second-order valence-electron chi connectivity index (χ2n) is 8.73. The molecule has 7 nitrogen and oxygen atoms in total. The smallest absolute Gasteiger partial charge is 0.243 e. The van der Waals surface area contributed by atoms with Crippen molar-refractivity contribution in [3.05, 3.63) is 53.3 Å². The van der Waals surface area contributed by atoms with E-state index in [0.717, 1.165) is 29.9 Å². The Bertz CT molecular complexity index is 1300. The molecule has 1 saturated heterocycles.